The number of likely N-dealkylation sites (tertiary alicyclic amines) is 1. The molecule has 2 rings (SSSR count). The van der Waals surface area contributed by atoms with Crippen LogP contribution in [0.4, 0.5) is 0 Å². The van der Waals surface area contributed by atoms with E-state index in [1.807, 2.05) is 4.90 Å². The van der Waals surface area contributed by atoms with Crippen molar-refractivity contribution in [1.82, 2.24) is 4.90 Å². The molecule has 5 heteroatoms. The summed E-state index contributed by atoms with van der Waals surface area (Å²) in [4.78, 5) is 13.8. The summed E-state index contributed by atoms with van der Waals surface area (Å²) in [6.45, 7) is 5.06. The SMILES string of the molecule is CCCSCC(=O)N1CCC2(CC1)OCCO2. The Hall–Kier alpha value is -0.260. The van der Waals surface area contributed by atoms with Gasteiger partial charge in [-0.25, -0.2) is 0 Å². The molecule has 0 atom stereocenters. The predicted octanol–water partition coefficient (Wildman–Crippen LogP) is 1.50. The number of thioether (sulfide) groups is 1. The Morgan fingerprint density at radius 3 is 2.53 bits per heavy atom. The summed E-state index contributed by atoms with van der Waals surface area (Å²) in [7, 11) is 0. The van der Waals surface area contributed by atoms with Gasteiger partial charge < -0.3 is 14.4 Å². The number of ether oxygens (including phenoxy) is 2. The molecule has 17 heavy (non-hydrogen) atoms. The molecular weight excluding hydrogens is 238 g/mol. The molecule has 2 saturated heterocycles. The average molecular weight is 259 g/mol. The van der Waals surface area contributed by atoms with Gasteiger partial charge in [0.2, 0.25) is 5.91 Å². The number of hydrogen-bond donors (Lipinski definition) is 0. The van der Waals surface area contributed by atoms with Crippen molar-refractivity contribution in [3.05, 3.63) is 0 Å². The smallest absolute Gasteiger partial charge is 0.232 e. The molecule has 0 radical (unpaired) electrons. The zero-order valence-corrected chi connectivity index (χ0v) is 11.3. The number of amides is 1. The van der Waals surface area contributed by atoms with Crippen molar-refractivity contribution >= 4 is 17.7 Å². The van der Waals surface area contributed by atoms with Gasteiger partial charge in [0.05, 0.1) is 19.0 Å². The van der Waals surface area contributed by atoms with Crippen LogP contribution in [0.5, 0.6) is 0 Å². The highest BCUT2D eigenvalue weighted by Crippen LogP contribution is 2.31. The topological polar surface area (TPSA) is 38.8 Å². The van der Waals surface area contributed by atoms with E-state index in [-0.39, 0.29) is 11.7 Å². The third kappa shape index (κ3) is 3.36. The highest BCUT2D eigenvalue weighted by atomic mass is 32.2. The van der Waals surface area contributed by atoms with Crippen molar-refractivity contribution in [3.8, 4) is 0 Å². The van der Waals surface area contributed by atoms with E-state index in [9.17, 15) is 4.79 Å². The van der Waals surface area contributed by atoms with Crippen molar-refractivity contribution < 1.29 is 14.3 Å². The van der Waals surface area contributed by atoms with Crippen molar-refractivity contribution in [2.45, 2.75) is 32.0 Å². The minimum Gasteiger partial charge on any atom is -0.347 e. The molecule has 0 saturated carbocycles. The van der Waals surface area contributed by atoms with Crippen molar-refractivity contribution in [2.75, 3.05) is 37.8 Å². The van der Waals surface area contributed by atoms with Crippen LogP contribution in [0, 0.1) is 0 Å². The van der Waals surface area contributed by atoms with Crippen LogP contribution in [0.2, 0.25) is 0 Å². The minimum atomic E-state index is -0.368. The van der Waals surface area contributed by atoms with Crippen molar-refractivity contribution in [1.29, 1.82) is 0 Å². The van der Waals surface area contributed by atoms with Crippen LogP contribution in [0.25, 0.3) is 0 Å². The molecule has 1 amide bonds. The Morgan fingerprint density at radius 1 is 1.29 bits per heavy atom. The first-order chi connectivity index (χ1) is 8.26. The highest BCUT2D eigenvalue weighted by molar-refractivity contribution is 7.99. The monoisotopic (exact) mass is 259 g/mol. The number of piperidine rings is 1. The first-order valence-electron chi connectivity index (χ1n) is 6.39. The number of rotatable bonds is 4. The standard InChI is InChI=1S/C12H21NO3S/c1-2-9-17-10-11(14)13-5-3-12(4-6-13)15-7-8-16-12/h2-10H2,1H3. The van der Waals surface area contributed by atoms with Gasteiger partial charge in [-0.15, -0.1) is 0 Å². The molecule has 2 fully saturated rings. The number of carbonyl (C=O) groups excluding carboxylic acids is 1. The van der Waals surface area contributed by atoms with E-state index in [2.05, 4.69) is 6.92 Å². The van der Waals surface area contributed by atoms with E-state index < -0.39 is 0 Å². The second kappa shape index (κ2) is 6.07. The van der Waals surface area contributed by atoms with Gasteiger partial charge >= 0.3 is 0 Å². The fourth-order valence-electron chi connectivity index (χ4n) is 2.28. The maximum absolute atomic E-state index is 11.9. The second-order valence-corrected chi connectivity index (χ2v) is 5.65. The lowest BCUT2D eigenvalue weighted by molar-refractivity contribution is -0.186. The normalized spacial score (nSPS) is 23.2. The third-order valence-electron chi connectivity index (χ3n) is 3.27. The summed E-state index contributed by atoms with van der Waals surface area (Å²) in [5.41, 5.74) is 0. The summed E-state index contributed by atoms with van der Waals surface area (Å²) in [6, 6.07) is 0. The molecule has 2 heterocycles. The lowest BCUT2D eigenvalue weighted by Gasteiger charge is -2.37. The summed E-state index contributed by atoms with van der Waals surface area (Å²) < 4.78 is 11.3. The van der Waals surface area contributed by atoms with E-state index in [4.69, 9.17) is 9.47 Å². The molecule has 0 aromatic heterocycles. The predicted molar refractivity (Wildman–Crippen MR) is 68.1 cm³/mol. The van der Waals surface area contributed by atoms with Gasteiger partial charge in [-0.3, -0.25) is 4.79 Å². The number of nitrogens with zero attached hydrogens (tertiary/aromatic N) is 1. The van der Waals surface area contributed by atoms with E-state index in [1.54, 1.807) is 11.8 Å². The van der Waals surface area contributed by atoms with E-state index in [1.165, 1.54) is 0 Å². The molecule has 0 unspecified atom stereocenters. The minimum absolute atomic E-state index is 0.260. The first-order valence-corrected chi connectivity index (χ1v) is 7.55. The third-order valence-corrected chi connectivity index (χ3v) is 4.41. The van der Waals surface area contributed by atoms with E-state index >= 15 is 0 Å². The quantitative estimate of drug-likeness (QED) is 0.717. The van der Waals surface area contributed by atoms with Crippen molar-refractivity contribution in [3.63, 3.8) is 0 Å². The van der Waals surface area contributed by atoms with Crippen LogP contribution < -0.4 is 0 Å². The largest absolute Gasteiger partial charge is 0.347 e. The second-order valence-electron chi connectivity index (χ2n) is 4.54. The summed E-state index contributed by atoms with van der Waals surface area (Å²) in [5, 5.41) is 0. The van der Waals surface area contributed by atoms with Crippen molar-refractivity contribution in [2.24, 2.45) is 0 Å². The molecule has 0 aliphatic carbocycles. The van der Waals surface area contributed by atoms with Crippen LogP contribution in [0.1, 0.15) is 26.2 Å². The zero-order valence-electron chi connectivity index (χ0n) is 10.4. The molecule has 2 aliphatic heterocycles. The zero-order chi connectivity index (χ0) is 12.1. The molecule has 2 aliphatic rings. The fraction of sp³-hybridized carbons (Fsp3) is 0.917. The maximum atomic E-state index is 11.9. The Labute approximate surface area is 107 Å². The Bertz CT molecular complexity index is 256. The highest BCUT2D eigenvalue weighted by Gasteiger charge is 2.40. The van der Waals surface area contributed by atoms with E-state index in [0.29, 0.717) is 19.0 Å². The Kier molecular flexibility index (Phi) is 4.70. The van der Waals surface area contributed by atoms with Gasteiger partial charge in [-0.05, 0) is 12.2 Å². The number of carbonyl (C=O) groups is 1. The van der Waals surface area contributed by atoms with Gasteiger partial charge in [0.1, 0.15) is 0 Å². The summed E-state index contributed by atoms with van der Waals surface area (Å²) in [6.07, 6.45) is 2.76. The van der Waals surface area contributed by atoms with E-state index in [0.717, 1.165) is 38.1 Å². The molecule has 0 bridgehead atoms. The van der Waals surface area contributed by atoms with Crippen LogP contribution >= 0.6 is 11.8 Å². The Morgan fingerprint density at radius 2 is 1.94 bits per heavy atom. The lowest BCUT2D eigenvalue weighted by Crippen LogP contribution is -2.47. The molecular formula is C12H21NO3S. The molecule has 4 nitrogen and oxygen atoms in total. The average Bonchev–Trinajstić information content (AvgIpc) is 2.79. The molecule has 1 spiro atoms. The maximum Gasteiger partial charge on any atom is 0.232 e. The van der Waals surface area contributed by atoms with Crippen LogP contribution in [0.15, 0.2) is 0 Å². The molecule has 0 aromatic rings. The molecule has 0 aromatic carbocycles. The first kappa shape index (κ1) is 13.2. The number of hydrogen-bond acceptors (Lipinski definition) is 4. The summed E-state index contributed by atoms with van der Waals surface area (Å²) in [5.74, 6) is 1.57. The lowest BCUT2D eigenvalue weighted by atomic mass is 10.0. The van der Waals surface area contributed by atoms with Gasteiger partial charge in [-0.1, -0.05) is 6.92 Å². The fourth-order valence-corrected chi connectivity index (χ4v) is 3.07. The molecule has 0 N–H and O–H groups in total. The van der Waals surface area contributed by atoms with Gasteiger partial charge in [0.25, 0.3) is 0 Å². The summed E-state index contributed by atoms with van der Waals surface area (Å²) >= 11 is 1.73. The van der Waals surface area contributed by atoms with Crippen LogP contribution in [-0.2, 0) is 14.3 Å². The van der Waals surface area contributed by atoms with Gasteiger partial charge in [-0.2, -0.15) is 11.8 Å². The van der Waals surface area contributed by atoms with Crippen LogP contribution in [-0.4, -0.2) is 54.4 Å². The molecule has 98 valence electrons. The van der Waals surface area contributed by atoms with Gasteiger partial charge in [0.15, 0.2) is 5.79 Å². The van der Waals surface area contributed by atoms with Gasteiger partial charge in [0, 0.05) is 25.9 Å². The van der Waals surface area contributed by atoms with Crippen LogP contribution in [0.3, 0.4) is 0 Å². The Balaban J connectivity index is 1.72.